The molecule has 3 aromatic rings. The average Bonchev–Trinajstić information content (AvgIpc) is 2.98. The number of halogens is 1. The molecular weight excluding hydrogens is 332 g/mol. The van der Waals surface area contributed by atoms with E-state index in [-0.39, 0.29) is 18.0 Å². The molecule has 3 rings (SSSR count). The molecule has 1 aromatic carbocycles. The molecule has 0 saturated heterocycles. The highest BCUT2D eigenvalue weighted by Crippen LogP contribution is 2.16. The van der Waals surface area contributed by atoms with Gasteiger partial charge in [-0.25, -0.2) is 0 Å². The Hall–Kier alpha value is -2.93. The highest BCUT2D eigenvalue weighted by Gasteiger charge is 2.10. The molecule has 0 aliphatic carbocycles. The number of amides is 1. The summed E-state index contributed by atoms with van der Waals surface area (Å²) in [5.74, 6) is 0.376. The van der Waals surface area contributed by atoms with E-state index in [0.29, 0.717) is 28.1 Å². The van der Waals surface area contributed by atoms with Crippen LogP contribution in [0, 0.1) is 6.92 Å². The van der Waals surface area contributed by atoms with Crippen LogP contribution in [0.3, 0.4) is 0 Å². The number of nitrogens with one attached hydrogen (secondary N) is 1. The van der Waals surface area contributed by atoms with Gasteiger partial charge in [0.25, 0.3) is 5.56 Å². The van der Waals surface area contributed by atoms with Gasteiger partial charge < -0.3 is 14.3 Å². The number of aromatic nitrogens is 3. The summed E-state index contributed by atoms with van der Waals surface area (Å²) in [4.78, 5) is 24.1. The number of aryl methyl sites for hydroxylation is 1. The third-order valence-corrected chi connectivity index (χ3v) is 3.45. The third kappa shape index (κ3) is 3.69. The Kier molecular flexibility index (Phi) is 4.43. The largest absolute Gasteiger partial charge is 0.421 e. The summed E-state index contributed by atoms with van der Waals surface area (Å²) in [6.07, 6.45) is 1.51. The molecular formula is C16H13ClN4O3. The first-order valence-electron chi connectivity index (χ1n) is 7.08. The smallest absolute Gasteiger partial charge is 0.251 e. The lowest BCUT2D eigenvalue weighted by Gasteiger charge is -2.08. The van der Waals surface area contributed by atoms with E-state index >= 15 is 0 Å². The maximum Gasteiger partial charge on any atom is 0.251 e. The molecule has 0 bridgehead atoms. The van der Waals surface area contributed by atoms with E-state index in [2.05, 4.69) is 15.5 Å². The minimum Gasteiger partial charge on any atom is -0.421 e. The summed E-state index contributed by atoms with van der Waals surface area (Å²) in [6, 6.07) is 9.62. The van der Waals surface area contributed by atoms with Gasteiger partial charge >= 0.3 is 0 Å². The van der Waals surface area contributed by atoms with Crippen LogP contribution < -0.4 is 10.9 Å². The second-order valence-electron chi connectivity index (χ2n) is 5.07. The Morgan fingerprint density at radius 3 is 2.62 bits per heavy atom. The first kappa shape index (κ1) is 15.9. The summed E-state index contributed by atoms with van der Waals surface area (Å²) in [5.41, 5.74) is 0.858. The summed E-state index contributed by atoms with van der Waals surface area (Å²) < 4.78 is 6.60. The molecule has 1 N–H and O–H groups in total. The lowest BCUT2D eigenvalue weighted by Crippen LogP contribution is -2.26. The third-order valence-electron chi connectivity index (χ3n) is 3.20. The van der Waals surface area contributed by atoms with E-state index < -0.39 is 0 Å². The summed E-state index contributed by atoms with van der Waals surface area (Å²) >= 11 is 5.80. The van der Waals surface area contributed by atoms with Crippen molar-refractivity contribution in [2.45, 2.75) is 13.5 Å². The van der Waals surface area contributed by atoms with E-state index in [1.54, 1.807) is 37.3 Å². The molecule has 2 aromatic heterocycles. The predicted molar refractivity (Wildman–Crippen MR) is 88.8 cm³/mol. The van der Waals surface area contributed by atoms with Gasteiger partial charge in [0.05, 0.1) is 5.56 Å². The highest BCUT2D eigenvalue weighted by molar-refractivity contribution is 6.30. The standard InChI is InChI=1S/C16H13ClN4O3/c1-10-19-20-16(24-10)11-2-7-15(23)21(8-11)9-14(22)18-13-5-3-12(17)4-6-13/h2-8H,9H2,1H3,(H,18,22). The molecule has 0 unspecified atom stereocenters. The molecule has 24 heavy (non-hydrogen) atoms. The van der Waals surface area contributed by atoms with E-state index in [9.17, 15) is 9.59 Å². The molecule has 0 radical (unpaired) electrons. The second kappa shape index (κ2) is 6.67. The number of rotatable bonds is 4. The lowest BCUT2D eigenvalue weighted by molar-refractivity contribution is -0.116. The summed E-state index contributed by atoms with van der Waals surface area (Å²) in [7, 11) is 0. The van der Waals surface area contributed by atoms with Crippen LogP contribution in [0.2, 0.25) is 5.02 Å². The topological polar surface area (TPSA) is 90.0 Å². The van der Waals surface area contributed by atoms with Crippen molar-refractivity contribution in [3.8, 4) is 11.5 Å². The quantitative estimate of drug-likeness (QED) is 0.785. The van der Waals surface area contributed by atoms with E-state index in [0.717, 1.165) is 0 Å². The number of hydrogen-bond acceptors (Lipinski definition) is 5. The SMILES string of the molecule is Cc1nnc(-c2ccc(=O)n(CC(=O)Nc3ccc(Cl)cc3)c2)o1. The Morgan fingerprint density at radius 2 is 1.96 bits per heavy atom. The van der Waals surface area contributed by atoms with Crippen molar-refractivity contribution >= 4 is 23.2 Å². The van der Waals surface area contributed by atoms with Gasteiger partial charge in [-0.05, 0) is 30.3 Å². The van der Waals surface area contributed by atoms with Crippen LogP contribution in [-0.2, 0) is 11.3 Å². The Labute approximate surface area is 141 Å². The first-order valence-corrected chi connectivity index (χ1v) is 7.45. The average molecular weight is 345 g/mol. The van der Waals surface area contributed by atoms with Crippen LogP contribution in [0.4, 0.5) is 5.69 Å². The lowest BCUT2D eigenvalue weighted by atomic mass is 10.3. The summed E-state index contributed by atoms with van der Waals surface area (Å²) in [5, 5.41) is 10.9. The monoisotopic (exact) mass is 344 g/mol. The predicted octanol–water partition coefficient (Wildman–Crippen LogP) is 2.50. The van der Waals surface area contributed by atoms with Crippen LogP contribution in [0.5, 0.6) is 0 Å². The molecule has 7 nitrogen and oxygen atoms in total. The zero-order valence-electron chi connectivity index (χ0n) is 12.7. The number of benzene rings is 1. The van der Waals surface area contributed by atoms with Gasteiger partial charge in [-0.3, -0.25) is 9.59 Å². The second-order valence-corrected chi connectivity index (χ2v) is 5.50. The van der Waals surface area contributed by atoms with Gasteiger partial charge in [0.1, 0.15) is 6.54 Å². The molecule has 0 fully saturated rings. The molecule has 1 amide bonds. The van der Waals surface area contributed by atoms with Crippen LogP contribution >= 0.6 is 11.6 Å². The fraction of sp³-hybridized carbons (Fsp3) is 0.125. The van der Waals surface area contributed by atoms with E-state index in [1.165, 1.54) is 16.8 Å². The van der Waals surface area contributed by atoms with Gasteiger partial charge in [-0.2, -0.15) is 0 Å². The molecule has 0 saturated carbocycles. The van der Waals surface area contributed by atoms with Gasteiger partial charge in [-0.15, -0.1) is 10.2 Å². The number of hydrogen-bond donors (Lipinski definition) is 1. The van der Waals surface area contributed by atoms with Crippen molar-refractivity contribution in [1.29, 1.82) is 0 Å². The molecule has 0 spiro atoms. The molecule has 122 valence electrons. The molecule has 0 aliphatic rings. The van der Waals surface area contributed by atoms with Gasteiger partial charge in [-0.1, -0.05) is 11.6 Å². The number of anilines is 1. The maximum absolute atomic E-state index is 12.1. The maximum atomic E-state index is 12.1. The van der Waals surface area contributed by atoms with Gasteiger partial charge in [0.2, 0.25) is 17.7 Å². The zero-order chi connectivity index (χ0) is 17.1. The number of nitrogens with zero attached hydrogens (tertiary/aromatic N) is 3. The van der Waals surface area contributed by atoms with Gasteiger partial charge in [0, 0.05) is 29.9 Å². The van der Waals surface area contributed by atoms with Crippen molar-refractivity contribution < 1.29 is 9.21 Å². The first-order chi connectivity index (χ1) is 11.5. The van der Waals surface area contributed by atoms with E-state index in [4.69, 9.17) is 16.0 Å². The Balaban J connectivity index is 1.77. The van der Waals surface area contributed by atoms with Crippen molar-refractivity contribution in [3.05, 3.63) is 63.9 Å². The minimum atomic E-state index is -0.335. The van der Waals surface area contributed by atoms with Crippen LogP contribution in [0.15, 0.2) is 51.8 Å². The Bertz CT molecular complexity index is 931. The Morgan fingerprint density at radius 1 is 1.21 bits per heavy atom. The molecule has 2 heterocycles. The normalized spacial score (nSPS) is 10.6. The minimum absolute atomic E-state index is 0.136. The number of pyridine rings is 1. The van der Waals surface area contributed by atoms with Crippen LogP contribution in [0.1, 0.15) is 5.89 Å². The van der Waals surface area contributed by atoms with Crippen molar-refractivity contribution in [2.24, 2.45) is 0 Å². The van der Waals surface area contributed by atoms with E-state index in [1.807, 2.05) is 0 Å². The fourth-order valence-electron chi connectivity index (χ4n) is 2.08. The van der Waals surface area contributed by atoms with Crippen molar-refractivity contribution in [2.75, 3.05) is 5.32 Å². The molecule has 8 heteroatoms. The molecule has 0 atom stereocenters. The molecule has 0 aliphatic heterocycles. The number of carbonyl (C=O) groups excluding carboxylic acids is 1. The highest BCUT2D eigenvalue weighted by atomic mass is 35.5. The fourth-order valence-corrected chi connectivity index (χ4v) is 2.21. The van der Waals surface area contributed by atoms with Crippen molar-refractivity contribution in [3.63, 3.8) is 0 Å². The van der Waals surface area contributed by atoms with Crippen molar-refractivity contribution in [1.82, 2.24) is 14.8 Å². The number of carbonyl (C=O) groups is 1. The van der Waals surface area contributed by atoms with Gasteiger partial charge in [0.15, 0.2) is 0 Å². The summed E-state index contributed by atoms with van der Waals surface area (Å²) in [6.45, 7) is 1.54. The van der Waals surface area contributed by atoms with Crippen LogP contribution in [0.25, 0.3) is 11.5 Å². The van der Waals surface area contributed by atoms with Crippen LogP contribution in [-0.4, -0.2) is 20.7 Å². The zero-order valence-corrected chi connectivity index (χ0v) is 13.4.